The van der Waals surface area contributed by atoms with Crippen LogP contribution in [0.5, 0.6) is 6.01 Å². The molecule has 0 aliphatic rings. The van der Waals surface area contributed by atoms with E-state index in [1.807, 2.05) is 20.8 Å². The molecule has 1 rings (SSSR count). The van der Waals surface area contributed by atoms with Gasteiger partial charge in [0, 0.05) is 13.1 Å². The first-order valence-electron chi connectivity index (χ1n) is 6.95. The average Bonchev–Trinajstić information content (AvgIpc) is 2.35. The van der Waals surface area contributed by atoms with Crippen molar-refractivity contribution in [1.82, 2.24) is 15.0 Å². The van der Waals surface area contributed by atoms with Gasteiger partial charge in [-0.1, -0.05) is 20.3 Å². The van der Waals surface area contributed by atoms with Crippen molar-refractivity contribution in [3.63, 3.8) is 0 Å². The Balaban J connectivity index is 2.79. The van der Waals surface area contributed by atoms with E-state index in [2.05, 4.69) is 39.4 Å². The Labute approximate surface area is 115 Å². The number of anilines is 2. The average molecular weight is 267 g/mol. The molecule has 0 aliphatic carbocycles. The molecule has 0 saturated carbocycles. The third-order valence-electron chi connectivity index (χ3n) is 2.60. The minimum atomic E-state index is 0.0410. The summed E-state index contributed by atoms with van der Waals surface area (Å²) in [7, 11) is 0. The maximum absolute atomic E-state index is 5.53. The molecule has 0 aromatic carbocycles. The summed E-state index contributed by atoms with van der Waals surface area (Å²) in [5, 5.41) is 6.31. The number of aromatic nitrogens is 3. The number of nitrogens with zero attached hydrogens (tertiary/aromatic N) is 3. The molecule has 108 valence electrons. The molecule has 6 nitrogen and oxygen atoms in total. The van der Waals surface area contributed by atoms with Gasteiger partial charge in [-0.2, -0.15) is 15.0 Å². The van der Waals surface area contributed by atoms with Crippen molar-refractivity contribution in [1.29, 1.82) is 0 Å². The SMILES string of the molecule is CCNc1nc(NCC(C)CC)nc(OC(C)C)n1. The molecule has 0 amide bonds. The summed E-state index contributed by atoms with van der Waals surface area (Å²) in [6.45, 7) is 11.8. The number of rotatable bonds is 8. The quantitative estimate of drug-likeness (QED) is 0.754. The van der Waals surface area contributed by atoms with Crippen molar-refractivity contribution in [2.75, 3.05) is 23.7 Å². The molecule has 2 N–H and O–H groups in total. The summed E-state index contributed by atoms with van der Waals surface area (Å²) in [6.07, 6.45) is 1.16. The van der Waals surface area contributed by atoms with Crippen molar-refractivity contribution < 1.29 is 4.74 Å². The van der Waals surface area contributed by atoms with E-state index in [0.717, 1.165) is 19.5 Å². The second-order valence-corrected chi connectivity index (χ2v) is 4.86. The van der Waals surface area contributed by atoms with E-state index in [1.54, 1.807) is 0 Å². The molecule has 6 heteroatoms. The van der Waals surface area contributed by atoms with Crippen LogP contribution in [0.1, 0.15) is 41.0 Å². The fourth-order valence-electron chi connectivity index (χ4n) is 1.35. The van der Waals surface area contributed by atoms with Crippen LogP contribution in [0, 0.1) is 5.92 Å². The van der Waals surface area contributed by atoms with Gasteiger partial charge in [0.15, 0.2) is 0 Å². The number of nitrogens with one attached hydrogen (secondary N) is 2. The van der Waals surface area contributed by atoms with Gasteiger partial charge >= 0.3 is 6.01 Å². The van der Waals surface area contributed by atoms with Crippen LogP contribution in [0.2, 0.25) is 0 Å². The largest absolute Gasteiger partial charge is 0.461 e. The van der Waals surface area contributed by atoms with Crippen LogP contribution in [0.25, 0.3) is 0 Å². The Kier molecular flexibility index (Phi) is 6.32. The van der Waals surface area contributed by atoms with Crippen LogP contribution < -0.4 is 15.4 Å². The highest BCUT2D eigenvalue weighted by Crippen LogP contribution is 2.13. The van der Waals surface area contributed by atoms with Gasteiger partial charge in [-0.05, 0) is 26.7 Å². The number of hydrogen-bond acceptors (Lipinski definition) is 6. The molecule has 1 atom stereocenters. The molecule has 19 heavy (non-hydrogen) atoms. The molecule has 0 radical (unpaired) electrons. The van der Waals surface area contributed by atoms with Gasteiger partial charge in [-0.15, -0.1) is 0 Å². The molecule has 0 saturated heterocycles. The lowest BCUT2D eigenvalue weighted by molar-refractivity contribution is 0.222. The zero-order valence-corrected chi connectivity index (χ0v) is 12.5. The first kappa shape index (κ1) is 15.5. The van der Waals surface area contributed by atoms with Gasteiger partial charge < -0.3 is 15.4 Å². The Morgan fingerprint density at radius 3 is 2.16 bits per heavy atom. The highest BCUT2D eigenvalue weighted by atomic mass is 16.5. The van der Waals surface area contributed by atoms with Crippen LogP contribution in [0.15, 0.2) is 0 Å². The van der Waals surface area contributed by atoms with Gasteiger partial charge in [-0.3, -0.25) is 0 Å². The van der Waals surface area contributed by atoms with Gasteiger partial charge in [0.25, 0.3) is 0 Å². The van der Waals surface area contributed by atoms with Crippen LogP contribution in [-0.2, 0) is 0 Å². The van der Waals surface area contributed by atoms with Crippen molar-refractivity contribution >= 4 is 11.9 Å². The number of ether oxygens (including phenoxy) is 1. The van der Waals surface area contributed by atoms with E-state index in [0.29, 0.717) is 23.8 Å². The molecule has 1 unspecified atom stereocenters. The minimum absolute atomic E-state index is 0.0410. The lowest BCUT2D eigenvalue weighted by Gasteiger charge is -2.13. The predicted octanol–water partition coefficient (Wildman–Crippen LogP) is 2.55. The van der Waals surface area contributed by atoms with Gasteiger partial charge in [0.2, 0.25) is 11.9 Å². The fourth-order valence-corrected chi connectivity index (χ4v) is 1.35. The number of hydrogen-bond donors (Lipinski definition) is 2. The Morgan fingerprint density at radius 1 is 1.00 bits per heavy atom. The molecular weight excluding hydrogens is 242 g/mol. The maximum Gasteiger partial charge on any atom is 0.323 e. The zero-order valence-electron chi connectivity index (χ0n) is 12.5. The zero-order chi connectivity index (χ0) is 14.3. The van der Waals surface area contributed by atoms with E-state index in [9.17, 15) is 0 Å². The Morgan fingerprint density at radius 2 is 1.63 bits per heavy atom. The standard InChI is InChI=1S/C13H25N5O/c1-6-10(5)8-15-12-16-11(14-7-2)17-13(18-12)19-9(3)4/h9-10H,6-8H2,1-5H3,(H2,14,15,16,17,18). The normalized spacial score (nSPS) is 12.3. The van der Waals surface area contributed by atoms with Crippen LogP contribution in [0.3, 0.4) is 0 Å². The van der Waals surface area contributed by atoms with Crippen molar-refractivity contribution in [2.45, 2.75) is 47.1 Å². The van der Waals surface area contributed by atoms with Gasteiger partial charge in [-0.25, -0.2) is 0 Å². The van der Waals surface area contributed by atoms with Gasteiger partial charge in [0.05, 0.1) is 6.10 Å². The summed E-state index contributed by atoms with van der Waals surface area (Å²) in [5.74, 6) is 1.68. The first-order chi connectivity index (χ1) is 9.05. The summed E-state index contributed by atoms with van der Waals surface area (Å²) in [4.78, 5) is 12.8. The van der Waals surface area contributed by atoms with E-state index >= 15 is 0 Å². The summed E-state index contributed by atoms with van der Waals surface area (Å²) in [6, 6.07) is 0.354. The van der Waals surface area contributed by atoms with Crippen molar-refractivity contribution in [3.8, 4) is 6.01 Å². The summed E-state index contributed by atoms with van der Waals surface area (Å²) < 4.78 is 5.53. The third-order valence-corrected chi connectivity index (χ3v) is 2.60. The highest BCUT2D eigenvalue weighted by Gasteiger charge is 2.09. The topological polar surface area (TPSA) is 72.0 Å². The van der Waals surface area contributed by atoms with E-state index < -0.39 is 0 Å². The maximum atomic E-state index is 5.53. The third kappa shape index (κ3) is 5.72. The molecule has 0 aliphatic heterocycles. The minimum Gasteiger partial charge on any atom is -0.461 e. The van der Waals surface area contributed by atoms with Crippen LogP contribution in [-0.4, -0.2) is 34.1 Å². The van der Waals surface area contributed by atoms with E-state index in [-0.39, 0.29) is 6.10 Å². The first-order valence-corrected chi connectivity index (χ1v) is 6.95. The molecular formula is C13H25N5O. The highest BCUT2D eigenvalue weighted by molar-refractivity contribution is 5.35. The molecule has 1 aromatic rings. The van der Waals surface area contributed by atoms with E-state index in [1.165, 1.54) is 0 Å². The molecule has 1 heterocycles. The summed E-state index contributed by atoms with van der Waals surface area (Å²) in [5.41, 5.74) is 0. The lowest BCUT2D eigenvalue weighted by Crippen LogP contribution is -2.16. The fraction of sp³-hybridized carbons (Fsp3) is 0.769. The predicted molar refractivity (Wildman–Crippen MR) is 77.7 cm³/mol. The molecule has 0 fully saturated rings. The monoisotopic (exact) mass is 267 g/mol. The molecule has 1 aromatic heterocycles. The molecule has 0 bridgehead atoms. The van der Waals surface area contributed by atoms with Crippen LogP contribution >= 0.6 is 0 Å². The second-order valence-electron chi connectivity index (χ2n) is 4.86. The van der Waals surface area contributed by atoms with Crippen molar-refractivity contribution in [2.24, 2.45) is 5.92 Å². The second kappa shape index (κ2) is 7.76. The Bertz CT molecular complexity index is 383. The molecule has 0 spiro atoms. The summed E-state index contributed by atoms with van der Waals surface area (Å²) >= 11 is 0. The van der Waals surface area contributed by atoms with Crippen molar-refractivity contribution in [3.05, 3.63) is 0 Å². The van der Waals surface area contributed by atoms with Crippen LogP contribution in [0.4, 0.5) is 11.9 Å². The smallest absolute Gasteiger partial charge is 0.323 e. The Hall–Kier alpha value is -1.59. The lowest BCUT2D eigenvalue weighted by atomic mass is 10.1. The van der Waals surface area contributed by atoms with E-state index in [4.69, 9.17) is 4.74 Å². The van der Waals surface area contributed by atoms with Gasteiger partial charge in [0.1, 0.15) is 0 Å².